The average molecular weight is 365 g/mol. The minimum absolute atomic E-state index is 0.0608. The standard InChI is InChI=1S/C20H23N5O2/c1-13-5-7-15(8-6-13)10-21-19(26)16-4-3-9-25(11-16)18-17-14(2)24-27-20(17)23-12-22-18/h5-8,12,16H,3-4,9-11H2,1-2H3,(H,21,26)/t16-/m1/s1. The summed E-state index contributed by atoms with van der Waals surface area (Å²) in [5, 5.41) is 7.90. The van der Waals surface area contributed by atoms with E-state index in [0.29, 0.717) is 18.8 Å². The second-order valence-corrected chi connectivity index (χ2v) is 7.13. The van der Waals surface area contributed by atoms with Crippen LogP contribution in [0.15, 0.2) is 35.1 Å². The number of benzene rings is 1. The van der Waals surface area contributed by atoms with Gasteiger partial charge in [0.1, 0.15) is 17.5 Å². The van der Waals surface area contributed by atoms with Crippen molar-refractivity contribution >= 4 is 22.8 Å². The van der Waals surface area contributed by atoms with E-state index < -0.39 is 0 Å². The summed E-state index contributed by atoms with van der Waals surface area (Å²) in [5.74, 6) is 0.830. The van der Waals surface area contributed by atoms with Gasteiger partial charge in [-0.15, -0.1) is 0 Å². The number of carbonyl (C=O) groups is 1. The van der Waals surface area contributed by atoms with Crippen molar-refractivity contribution in [2.75, 3.05) is 18.0 Å². The molecule has 27 heavy (non-hydrogen) atoms. The van der Waals surface area contributed by atoms with Crippen molar-refractivity contribution in [3.63, 3.8) is 0 Å². The molecule has 1 N–H and O–H groups in total. The van der Waals surface area contributed by atoms with Crippen molar-refractivity contribution in [2.24, 2.45) is 5.92 Å². The number of nitrogens with one attached hydrogen (secondary N) is 1. The first-order chi connectivity index (χ1) is 13.1. The Labute approximate surface area is 157 Å². The highest BCUT2D eigenvalue weighted by molar-refractivity contribution is 5.88. The lowest BCUT2D eigenvalue weighted by atomic mass is 9.96. The van der Waals surface area contributed by atoms with E-state index in [-0.39, 0.29) is 11.8 Å². The molecule has 3 heterocycles. The molecule has 0 spiro atoms. The Hall–Kier alpha value is -2.96. The van der Waals surface area contributed by atoms with Crippen LogP contribution in [0.1, 0.15) is 29.7 Å². The van der Waals surface area contributed by atoms with Gasteiger partial charge in [-0.1, -0.05) is 35.0 Å². The monoisotopic (exact) mass is 365 g/mol. The topological polar surface area (TPSA) is 84.2 Å². The summed E-state index contributed by atoms with van der Waals surface area (Å²) in [6.45, 7) is 5.99. The number of fused-ring (bicyclic) bond motifs is 1. The summed E-state index contributed by atoms with van der Waals surface area (Å²) >= 11 is 0. The quantitative estimate of drug-likeness (QED) is 0.765. The molecule has 0 bridgehead atoms. The van der Waals surface area contributed by atoms with E-state index >= 15 is 0 Å². The van der Waals surface area contributed by atoms with Crippen LogP contribution in [-0.4, -0.2) is 34.1 Å². The molecule has 0 saturated carbocycles. The average Bonchev–Trinajstić information content (AvgIpc) is 3.08. The van der Waals surface area contributed by atoms with Gasteiger partial charge in [-0.3, -0.25) is 4.79 Å². The van der Waals surface area contributed by atoms with Gasteiger partial charge in [-0.05, 0) is 32.3 Å². The molecule has 1 saturated heterocycles. The van der Waals surface area contributed by atoms with E-state index in [1.807, 2.05) is 6.92 Å². The summed E-state index contributed by atoms with van der Waals surface area (Å²) in [5.41, 5.74) is 3.59. The molecule has 0 unspecified atom stereocenters. The minimum Gasteiger partial charge on any atom is -0.355 e. The van der Waals surface area contributed by atoms with E-state index in [1.165, 1.54) is 11.9 Å². The van der Waals surface area contributed by atoms with Crippen molar-refractivity contribution in [3.05, 3.63) is 47.4 Å². The normalized spacial score (nSPS) is 17.3. The minimum atomic E-state index is -0.0608. The highest BCUT2D eigenvalue weighted by Crippen LogP contribution is 2.29. The molecule has 1 amide bonds. The summed E-state index contributed by atoms with van der Waals surface area (Å²) in [6, 6.07) is 8.22. The van der Waals surface area contributed by atoms with E-state index in [9.17, 15) is 4.79 Å². The first-order valence-electron chi connectivity index (χ1n) is 9.27. The fourth-order valence-electron chi connectivity index (χ4n) is 3.57. The maximum Gasteiger partial charge on any atom is 0.263 e. The summed E-state index contributed by atoms with van der Waals surface area (Å²) in [4.78, 5) is 23.4. The zero-order chi connectivity index (χ0) is 18.8. The molecule has 1 atom stereocenters. The third-order valence-corrected chi connectivity index (χ3v) is 5.10. The molecule has 1 aliphatic rings. The Morgan fingerprint density at radius 2 is 2.07 bits per heavy atom. The number of anilines is 1. The van der Waals surface area contributed by atoms with Crippen molar-refractivity contribution < 1.29 is 9.32 Å². The molecular weight excluding hydrogens is 342 g/mol. The van der Waals surface area contributed by atoms with Gasteiger partial charge in [0.2, 0.25) is 5.91 Å². The van der Waals surface area contributed by atoms with Gasteiger partial charge in [-0.2, -0.15) is 4.98 Å². The second-order valence-electron chi connectivity index (χ2n) is 7.13. The number of amides is 1. The van der Waals surface area contributed by atoms with Crippen molar-refractivity contribution in [2.45, 2.75) is 33.2 Å². The van der Waals surface area contributed by atoms with Gasteiger partial charge in [0.05, 0.1) is 11.6 Å². The van der Waals surface area contributed by atoms with Crippen LogP contribution in [0.4, 0.5) is 5.82 Å². The van der Waals surface area contributed by atoms with Gasteiger partial charge < -0.3 is 14.7 Å². The molecule has 2 aromatic heterocycles. The number of hydrogen-bond acceptors (Lipinski definition) is 6. The molecule has 3 aromatic rings. The zero-order valence-electron chi connectivity index (χ0n) is 15.6. The Bertz CT molecular complexity index is 951. The molecular formula is C20H23N5O2. The third-order valence-electron chi connectivity index (χ3n) is 5.10. The van der Waals surface area contributed by atoms with Crippen LogP contribution in [0.25, 0.3) is 11.1 Å². The van der Waals surface area contributed by atoms with Crippen LogP contribution in [0.3, 0.4) is 0 Å². The molecule has 0 aliphatic carbocycles. The Kier molecular flexibility index (Phi) is 4.75. The van der Waals surface area contributed by atoms with E-state index in [0.717, 1.165) is 41.8 Å². The highest BCUT2D eigenvalue weighted by Gasteiger charge is 2.28. The van der Waals surface area contributed by atoms with Crippen molar-refractivity contribution in [3.8, 4) is 0 Å². The smallest absolute Gasteiger partial charge is 0.263 e. The van der Waals surface area contributed by atoms with Gasteiger partial charge in [-0.25, -0.2) is 4.98 Å². The lowest BCUT2D eigenvalue weighted by Crippen LogP contribution is -2.43. The fourth-order valence-corrected chi connectivity index (χ4v) is 3.57. The lowest BCUT2D eigenvalue weighted by Gasteiger charge is -2.33. The third kappa shape index (κ3) is 3.63. The maximum absolute atomic E-state index is 12.7. The van der Waals surface area contributed by atoms with Crippen LogP contribution in [-0.2, 0) is 11.3 Å². The number of rotatable bonds is 4. The first kappa shape index (κ1) is 17.5. The second kappa shape index (κ2) is 7.34. The van der Waals surface area contributed by atoms with E-state index in [2.05, 4.69) is 56.5 Å². The largest absolute Gasteiger partial charge is 0.355 e. The first-order valence-corrected chi connectivity index (χ1v) is 9.27. The van der Waals surface area contributed by atoms with Gasteiger partial charge in [0.15, 0.2) is 0 Å². The Morgan fingerprint density at radius 3 is 2.89 bits per heavy atom. The molecule has 0 radical (unpaired) electrons. The van der Waals surface area contributed by atoms with E-state index in [4.69, 9.17) is 4.52 Å². The number of piperidine rings is 1. The van der Waals surface area contributed by atoms with Gasteiger partial charge in [0.25, 0.3) is 5.71 Å². The van der Waals surface area contributed by atoms with Gasteiger partial charge in [0, 0.05) is 19.6 Å². The van der Waals surface area contributed by atoms with Gasteiger partial charge >= 0.3 is 0 Å². The maximum atomic E-state index is 12.7. The number of aryl methyl sites for hydroxylation is 2. The predicted molar refractivity (Wildman–Crippen MR) is 102 cm³/mol. The van der Waals surface area contributed by atoms with Crippen molar-refractivity contribution in [1.29, 1.82) is 0 Å². The molecule has 7 heteroatoms. The van der Waals surface area contributed by atoms with Crippen LogP contribution >= 0.6 is 0 Å². The van der Waals surface area contributed by atoms with Crippen LogP contribution in [0, 0.1) is 19.8 Å². The lowest BCUT2D eigenvalue weighted by molar-refractivity contribution is -0.125. The SMILES string of the molecule is Cc1ccc(CNC(=O)[C@@H]2CCCN(c3ncnc4onc(C)c34)C2)cc1. The molecule has 1 fully saturated rings. The number of carbonyl (C=O) groups excluding carboxylic acids is 1. The number of nitrogens with zero attached hydrogens (tertiary/aromatic N) is 4. The number of aromatic nitrogens is 3. The molecule has 7 nitrogen and oxygen atoms in total. The van der Waals surface area contributed by atoms with Crippen LogP contribution in [0.5, 0.6) is 0 Å². The summed E-state index contributed by atoms with van der Waals surface area (Å²) in [6.07, 6.45) is 3.31. The zero-order valence-corrected chi connectivity index (χ0v) is 15.6. The van der Waals surface area contributed by atoms with Crippen LogP contribution in [0.2, 0.25) is 0 Å². The number of hydrogen-bond donors (Lipinski definition) is 1. The van der Waals surface area contributed by atoms with E-state index in [1.54, 1.807) is 0 Å². The highest BCUT2D eigenvalue weighted by atomic mass is 16.5. The molecule has 4 rings (SSSR count). The fraction of sp³-hybridized carbons (Fsp3) is 0.400. The predicted octanol–water partition coefficient (Wildman–Crippen LogP) is 2.77. The Morgan fingerprint density at radius 1 is 1.26 bits per heavy atom. The summed E-state index contributed by atoms with van der Waals surface area (Å²) in [7, 11) is 0. The Balaban J connectivity index is 1.45. The molecule has 140 valence electrons. The summed E-state index contributed by atoms with van der Waals surface area (Å²) < 4.78 is 5.24. The van der Waals surface area contributed by atoms with Crippen LogP contribution < -0.4 is 10.2 Å². The van der Waals surface area contributed by atoms with Crippen molar-refractivity contribution in [1.82, 2.24) is 20.4 Å². The molecule has 1 aromatic carbocycles. The molecule has 1 aliphatic heterocycles.